The summed E-state index contributed by atoms with van der Waals surface area (Å²) >= 11 is 0. The van der Waals surface area contributed by atoms with Crippen LogP contribution in [-0.4, -0.2) is 54.0 Å². The summed E-state index contributed by atoms with van der Waals surface area (Å²) in [5.74, 6) is 4.10. The second-order valence-corrected chi connectivity index (χ2v) is 9.91. The Morgan fingerprint density at radius 3 is 2.36 bits per heavy atom. The van der Waals surface area contributed by atoms with E-state index in [2.05, 4.69) is 15.6 Å². The summed E-state index contributed by atoms with van der Waals surface area (Å²) in [4.78, 5) is 14.1. The van der Waals surface area contributed by atoms with Gasteiger partial charge in [-0.15, -0.1) is 0 Å². The van der Waals surface area contributed by atoms with E-state index >= 15 is 0 Å². The van der Waals surface area contributed by atoms with E-state index in [-0.39, 0.29) is 12.6 Å². The van der Waals surface area contributed by atoms with Crippen LogP contribution < -0.4 is 24.8 Å². The summed E-state index contributed by atoms with van der Waals surface area (Å²) in [5.41, 5.74) is 3.99. The number of hydrogen-bond acceptors (Lipinski definition) is 10. The number of methoxy groups -OCH3 is 3. The van der Waals surface area contributed by atoms with Crippen molar-refractivity contribution in [3.05, 3.63) is 47.3 Å². The number of ether oxygens (including phenoxy) is 3. The average molecular weight is 534 g/mol. The lowest BCUT2D eigenvalue weighted by atomic mass is 10.1. The highest BCUT2D eigenvalue weighted by Gasteiger charge is 2.27. The SMILES string of the molecule is COc1cc(CNc2nc(C)c(-c3cc4cc(OC)nc(C)c4o3)c(NC3CCC(CO)C3)n2)cc(OC)c1. The van der Waals surface area contributed by atoms with Crippen molar-refractivity contribution in [3.63, 3.8) is 0 Å². The van der Waals surface area contributed by atoms with Gasteiger partial charge in [-0.2, -0.15) is 4.98 Å². The molecule has 1 saturated carbocycles. The molecule has 1 aliphatic rings. The molecule has 3 N–H and O–H groups in total. The van der Waals surface area contributed by atoms with Crippen LogP contribution in [0.15, 0.2) is 34.7 Å². The molecule has 3 heterocycles. The second-order valence-electron chi connectivity index (χ2n) is 9.91. The summed E-state index contributed by atoms with van der Waals surface area (Å²) in [6.07, 6.45) is 2.82. The molecule has 1 fully saturated rings. The number of hydrogen-bond donors (Lipinski definition) is 3. The van der Waals surface area contributed by atoms with E-state index in [0.717, 1.165) is 47.2 Å². The largest absolute Gasteiger partial charge is 0.497 e. The smallest absolute Gasteiger partial charge is 0.225 e. The van der Waals surface area contributed by atoms with E-state index < -0.39 is 0 Å². The number of aliphatic hydroxyl groups is 1. The van der Waals surface area contributed by atoms with Gasteiger partial charge in [0.05, 0.1) is 38.3 Å². The van der Waals surface area contributed by atoms with Crippen molar-refractivity contribution < 1.29 is 23.7 Å². The number of furan rings is 1. The lowest BCUT2D eigenvalue weighted by Gasteiger charge is -2.18. The predicted molar refractivity (Wildman–Crippen MR) is 150 cm³/mol. The van der Waals surface area contributed by atoms with Crippen molar-refractivity contribution in [1.82, 2.24) is 15.0 Å². The zero-order valence-electron chi connectivity index (χ0n) is 23.0. The predicted octanol–water partition coefficient (Wildman–Crippen LogP) is 5.11. The fraction of sp³-hybridized carbons (Fsp3) is 0.414. The minimum absolute atomic E-state index is 0.193. The zero-order valence-corrected chi connectivity index (χ0v) is 23.0. The third-order valence-corrected chi connectivity index (χ3v) is 7.19. The molecule has 0 aliphatic heterocycles. The first kappa shape index (κ1) is 26.6. The Morgan fingerprint density at radius 2 is 1.69 bits per heavy atom. The number of rotatable bonds is 10. The number of anilines is 2. The van der Waals surface area contributed by atoms with E-state index in [1.165, 1.54) is 0 Å². The number of aliphatic hydroxyl groups excluding tert-OH is 1. The second kappa shape index (κ2) is 11.4. The van der Waals surface area contributed by atoms with E-state index in [1.54, 1.807) is 21.3 Å². The van der Waals surface area contributed by atoms with Gasteiger partial charge in [-0.25, -0.2) is 9.97 Å². The molecule has 0 amide bonds. The molecule has 2 atom stereocenters. The van der Waals surface area contributed by atoms with Crippen LogP contribution in [0.2, 0.25) is 0 Å². The van der Waals surface area contributed by atoms with Crippen LogP contribution in [0.4, 0.5) is 11.8 Å². The van der Waals surface area contributed by atoms with E-state index in [9.17, 15) is 5.11 Å². The lowest BCUT2D eigenvalue weighted by molar-refractivity contribution is 0.229. The first-order chi connectivity index (χ1) is 18.9. The Labute approximate surface area is 227 Å². The van der Waals surface area contributed by atoms with Crippen LogP contribution >= 0.6 is 0 Å². The molecule has 206 valence electrons. The zero-order chi connectivity index (χ0) is 27.5. The minimum atomic E-state index is 0.193. The Hall–Kier alpha value is -4.05. The molecular formula is C29H35N5O5. The molecule has 0 bridgehead atoms. The van der Waals surface area contributed by atoms with E-state index in [0.29, 0.717) is 53.0 Å². The molecule has 10 heteroatoms. The Morgan fingerprint density at radius 1 is 0.923 bits per heavy atom. The summed E-state index contributed by atoms with van der Waals surface area (Å²) in [7, 11) is 4.86. The number of aryl methyl sites for hydroxylation is 2. The van der Waals surface area contributed by atoms with Gasteiger partial charge in [-0.05, 0) is 62.8 Å². The maximum absolute atomic E-state index is 9.66. The van der Waals surface area contributed by atoms with Crippen LogP contribution in [0, 0.1) is 19.8 Å². The van der Waals surface area contributed by atoms with Crippen LogP contribution in [0.1, 0.15) is 36.2 Å². The third-order valence-electron chi connectivity index (χ3n) is 7.19. The molecule has 3 aromatic heterocycles. The van der Waals surface area contributed by atoms with Gasteiger partial charge in [0.25, 0.3) is 0 Å². The highest BCUT2D eigenvalue weighted by molar-refractivity contribution is 5.88. The van der Waals surface area contributed by atoms with Crippen LogP contribution in [0.5, 0.6) is 17.4 Å². The van der Waals surface area contributed by atoms with Crippen LogP contribution in [-0.2, 0) is 6.54 Å². The van der Waals surface area contributed by atoms with Crippen molar-refractivity contribution in [2.24, 2.45) is 5.92 Å². The highest BCUT2D eigenvalue weighted by Crippen LogP contribution is 2.38. The number of nitrogens with one attached hydrogen (secondary N) is 2. The van der Waals surface area contributed by atoms with Gasteiger partial charge in [-0.1, -0.05) is 0 Å². The minimum Gasteiger partial charge on any atom is -0.497 e. The standard InChI is InChI=1S/C29H35N5O5/c1-16-26(24-11-20-12-25(38-5)31-17(2)27(20)39-24)28(33-21-7-6-18(8-21)15-35)34-29(32-16)30-14-19-9-22(36-3)13-23(10-19)37-4/h9-13,18,21,35H,6-8,14-15H2,1-5H3,(H2,30,32,33,34). The Kier molecular flexibility index (Phi) is 7.74. The molecule has 1 aliphatic carbocycles. The molecule has 0 spiro atoms. The maximum atomic E-state index is 9.66. The first-order valence-corrected chi connectivity index (χ1v) is 13.1. The van der Waals surface area contributed by atoms with Gasteiger partial charge in [0, 0.05) is 36.7 Å². The molecule has 39 heavy (non-hydrogen) atoms. The van der Waals surface area contributed by atoms with Gasteiger partial charge in [0.15, 0.2) is 5.58 Å². The van der Waals surface area contributed by atoms with Gasteiger partial charge < -0.3 is 34.4 Å². The van der Waals surface area contributed by atoms with Gasteiger partial charge in [0.2, 0.25) is 11.8 Å². The summed E-state index contributed by atoms with van der Waals surface area (Å²) < 4.78 is 22.5. The number of benzene rings is 1. The van der Waals surface area contributed by atoms with Crippen molar-refractivity contribution in [3.8, 4) is 28.7 Å². The van der Waals surface area contributed by atoms with Gasteiger partial charge >= 0.3 is 0 Å². The molecule has 4 aromatic rings. The third kappa shape index (κ3) is 5.70. The quantitative estimate of drug-likeness (QED) is 0.253. The number of fused-ring (bicyclic) bond motifs is 1. The van der Waals surface area contributed by atoms with Crippen molar-refractivity contribution in [1.29, 1.82) is 0 Å². The summed E-state index contributed by atoms with van der Waals surface area (Å²) in [6.45, 7) is 4.53. The van der Waals surface area contributed by atoms with E-state index in [1.807, 2.05) is 44.2 Å². The molecule has 5 rings (SSSR count). The molecule has 2 unspecified atom stereocenters. The van der Waals surface area contributed by atoms with Crippen molar-refractivity contribution in [2.45, 2.75) is 45.7 Å². The lowest BCUT2D eigenvalue weighted by Crippen LogP contribution is -2.19. The van der Waals surface area contributed by atoms with Crippen molar-refractivity contribution >= 4 is 22.7 Å². The summed E-state index contributed by atoms with van der Waals surface area (Å²) in [5, 5.41) is 17.5. The number of nitrogens with zero attached hydrogens (tertiary/aromatic N) is 3. The van der Waals surface area contributed by atoms with Gasteiger partial charge in [-0.3, -0.25) is 0 Å². The van der Waals surface area contributed by atoms with Gasteiger partial charge in [0.1, 0.15) is 23.1 Å². The fourth-order valence-electron chi connectivity index (χ4n) is 5.17. The number of aromatic nitrogens is 3. The molecule has 0 saturated heterocycles. The normalized spacial score (nSPS) is 16.9. The topological polar surface area (TPSA) is 124 Å². The fourth-order valence-corrected chi connectivity index (χ4v) is 5.17. The summed E-state index contributed by atoms with van der Waals surface area (Å²) in [6, 6.07) is 9.76. The average Bonchev–Trinajstić information content (AvgIpc) is 3.58. The Bertz CT molecular complexity index is 1450. The number of pyridine rings is 1. The van der Waals surface area contributed by atoms with Crippen LogP contribution in [0.25, 0.3) is 22.3 Å². The molecule has 10 nitrogen and oxygen atoms in total. The Balaban J connectivity index is 1.50. The van der Waals surface area contributed by atoms with E-state index in [4.69, 9.17) is 28.6 Å². The maximum Gasteiger partial charge on any atom is 0.225 e. The van der Waals surface area contributed by atoms with Crippen LogP contribution in [0.3, 0.4) is 0 Å². The monoisotopic (exact) mass is 533 g/mol. The molecular weight excluding hydrogens is 498 g/mol. The first-order valence-electron chi connectivity index (χ1n) is 13.1. The highest BCUT2D eigenvalue weighted by atomic mass is 16.5. The molecule has 1 aromatic carbocycles. The molecule has 0 radical (unpaired) electrons. The van der Waals surface area contributed by atoms with Crippen molar-refractivity contribution in [2.75, 3.05) is 38.6 Å².